The van der Waals surface area contributed by atoms with E-state index in [-0.39, 0.29) is 41.9 Å². The summed E-state index contributed by atoms with van der Waals surface area (Å²) in [6, 6.07) is 7.04. The highest BCUT2D eigenvalue weighted by Gasteiger charge is 2.30. The van der Waals surface area contributed by atoms with Gasteiger partial charge in [0.15, 0.2) is 9.84 Å². The minimum Gasteiger partial charge on any atom is -0.335 e. The van der Waals surface area contributed by atoms with Crippen LogP contribution in [0.3, 0.4) is 0 Å². The third-order valence-electron chi connectivity index (χ3n) is 4.53. The fraction of sp³-hybridized carbons (Fsp3) is 0.471. The molecule has 25 heavy (non-hydrogen) atoms. The number of hydrogen-bond donors (Lipinski definition) is 1. The Balaban J connectivity index is 1.73. The standard InChI is InChI=1S/C17H21N3O4S/c1-2-20(16(21)9-12-7-8-25(23,24)11-12)10-15-18-14-6-4-3-5-13(14)17(22)19-15/h3-6,12H,2,7-11H2,1H3,(H,18,19,22)/t12-/m1/s1. The molecule has 1 atom stereocenters. The molecule has 7 nitrogen and oxygen atoms in total. The van der Waals surface area contributed by atoms with Crippen LogP contribution in [0.1, 0.15) is 25.6 Å². The lowest BCUT2D eigenvalue weighted by Gasteiger charge is -2.21. The Labute approximate surface area is 146 Å². The molecule has 0 aliphatic carbocycles. The smallest absolute Gasteiger partial charge is 0.258 e. The van der Waals surface area contributed by atoms with Crippen LogP contribution in [0.4, 0.5) is 0 Å². The maximum atomic E-state index is 12.5. The highest BCUT2D eigenvalue weighted by atomic mass is 32.2. The molecular weight excluding hydrogens is 342 g/mol. The molecule has 1 aromatic carbocycles. The largest absolute Gasteiger partial charge is 0.335 e. The van der Waals surface area contributed by atoms with Crippen LogP contribution in [0, 0.1) is 5.92 Å². The van der Waals surface area contributed by atoms with Gasteiger partial charge in [-0.05, 0) is 31.4 Å². The van der Waals surface area contributed by atoms with Gasteiger partial charge in [-0.2, -0.15) is 0 Å². The Bertz CT molecular complexity index is 952. The number of aromatic amines is 1. The second-order valence-electron chi connectivity index (χ2n) is 6.41. The first-order valence-corrected chi connectivity index (χ1v) is 10.2. The van der Waals surface area contributed by atoms with Gasteiger partial charge in [-0.15, -0.1) is 0 Å². The second kappa shape index (κ2) is 6.95. The molecule has 0 radical (unpaired) electrons. The molecule has 1 aromatic heterocycles. The van der Waals surface area contributed by atoms with E-state index in [1.54, 1.807) is 23.1 Å². The number of carbonyl (C=O) groups is 1. The summed E-state index contributed by atoms with van der Waals surface area (Å²) >= 11 is 0. The first-order chi connectivity index (χ1) is 11.9. The number of sulfone groups is 1. The predicted octanol–water partition coefficient (Wildman–Crippen LogP) is 1.10. The summed E-state index contributed by atoms with van der Waals surface area (Å²) in [5.41, 5.74) is 0.359. The van der Waals surface area contributed by atoms with E-state index in [0.717, 1.165) is 0 Å². The molecule has 1 aliphatic rings. The number of carbonyl (C=O) groups excluding carboxylic acids is 1. The zero-order valence-electron chi connectivity index (χ0n) is 14.1. The van der Waals surface area contributed by atoms with Crippen molar-refractivity contribution in [1.29, 1.82) is 0 Å². The van der Waals surface area contributed by atoms with Crippen LogP contribution in [0.2, 0.25) is 0 Å². The number of benzene rings is 1. The normalized spacial score (nSPS) is 19.2. The summed E-state index contributed by atoms with van der Waals surface area (Å²) in [7, 11) is -2.99. The maximum absolute atomic E-state index is 12.5. The summed E-state index contributed by atoms with van der Waals surface area (Å²) in [5.74, 6) is 0.450. The summed E-state index contributed by atoms with van der Waals surface area (Å²) < 4.78 is 23.1. The number of aromatic nitrogens is 2. The van der Waals surface area contributed by atoms with Crippen molar-refractivity contribution in [3.63, 3.8) is 0 Å². The van der Waals surface area contributed by atoms with Gasteiger partial charge in [-0.3, -0.25) is 9.59 Å². The summed E-state index contributed by atoms with van der Waals surface area (Å²) in [6.07, 6.45) is 0.752. The van der Waals surface area contributed by atoms with Crippen LogP contribution < -0.4 is 5.56 Å². The van der Waals surface area contributed by atoms with E-state index in [0.29, 0.717) is 29.7 Å². The SMILES string of the molecule is CCN(Cc1nc2ccccc2c(=O)[nH]1)C(=O)C[C@H]1CCS(=O)(=O)C1. The molecule has 1 N–H and O–H groups in total. The van der Waals surface area contributed by atoms with E-state index >= 15 is 0 Å². The van der Waals surface area contributed by atoms with Gasteiger partial charge >= 0.3 is 0 Å². The van der Waals surface area contributed by atoms with Crippen LogP contribution in [0.25, 0.3) is 10.9 Å². The molecule has 2 aromatic rings. The first-order valence-electron chi connectivity index (χ1n) is 8.34. The molecule has 8 heteroatoms. The van der Waals surface area contributed by atoms with E-state index in [1.165, 1.54) is 0 Å². The Morgan fingerprint density at radius 3 is 2.80 bits per heavy atom. The van der Waals surface area contributed by atoms with Gasteiger partial charge in [0.2, 0.25) is 5.91 Å². The number of H-pyrrole nitrogens is 1. The third kappa shape index (κ3) is 4.07. The summed E-state index contributed by atoms with van der Waals surface area (Å²) in [5, 5.41) is 0.511. The highest BCUT2D eigenvalue weighted by molar-refractivity contribution is 7.91. The number of amides is 1. The molecule has 1 amide bonds. The molecule has 3 rings (SSSR count). The van der Waals surface area contributed by atoms with Crippen LogP contribution in [0.5, 0.6) is 0 Å². The Kier molecular flexibility index (Phi) is 4.89. The van der Waals surface area contributed by atoms with E-state index in [1.807, 2.05) is 13.0 Å². The van der Waals surface area contributed by atoms with Gasteiger partial charge in [-0.25, -0.2) is 13.4 Å². The van der Waals surface area contributed by atoms with Crippen molar-refractivity contribution in [1.82, 2.24) is 14.9 Å². The van der Waals surface area contributed by atoms with Crippen LogP contribution in [0.15, 0.2) is 29.1 Å². The molecule has 1 fully saturated rings. The molecule has 0 bridgehead atoms. The average Bonchev–Trinajstić information content (AvgIpc) is 2.91. The van der Waals surface area contributed by atoms with Crippen molar-refractivity contribution in [2.24, 2.45) is 5.92 Å². The molecule has 1 saturated heterocycles. The number of fused-ring (bicyclic) bond motifs is 1. The summed E-state index contributed by atoms with van der Waals surface area (Å²) in [4.78, 5) is 33.4. The summed E-state index contributed by atoms with van der Waals surface area (Å²) in [6.45, 7) is 2.52. The van der Waals surface area contributed by atoms with E-state index in [4.69, 9.17) is 0 Å². The molecule has 2 heterocycles. The lowest BCUT2D eigenvalue weighted by atomic mass is 10.0. The Hall–Kier alpha value is -2.22. The number of nitrogens with zero attached hydrogens (tertiary/aromatic N) is 2. The van der Waals surface area contributed by atoms with Crippen molar-refractivity contribution in [3.05, 3.63) is 40.4 Å². The Morgan fingerprint density at radius 1 is 1.36 bits per heavy atom. The second-order valence-corrected chi connectivity index (χ2v) is 8.64. The van der Waals surface area contributed by atoms with Crippen molar-refractivity contribution in [3.8, 4) is 0 Å². The van der Waals surface area contributed by atoms with Crippen molar-refractivity contribution in [2.75, 3.05) is 18.1 Å². The molecule has 1 aliphatic heterocycles. The van der Waals surface area contributed by atoms with Gasteiger partial charge in [0, 0.05) is 13.0 Å². The third-order valence-corrected chi connectivity index (χ3v) is 6.36. The molecule has 0 spiro atoms. The molecular formula is C17H21N3O4S. The fourth-order valence-electron chi connectivity index (χ4n) is 3.18. The minimum atomic E-state index is -2.99. The molecule has 134 valence electrons. The fourth-order valence-corrected chi connectivity index (χ4v) is 5.04. The lowest BCUT2D eigenvalue weighted by molar-refractivity contribution is -0.132. The lowest BCUT2D eigenvalue weighted by Crippen LogP contribution is -2.33. The average molecular weight is 363 g/mol. The number of para-hydroxylation sites is 1. The van der Waals surface area contributed by atoms with Gasteiger partial charge in [-0.1, -0.05) is 12.1 Å². The predicted molar refractivity (Wildman–Crippen MR) is 94.8 cm³/mol. The van der Waals surface area contributed by atoms with E-state index in [2.05, 4.69) is 9.97 Å². The van der Waals surface area contributed by atoms with E-state index in [9.17, 15) is 18.0 Å². The van der Waals surface area contributed by atoms with Gasteiger partial charge in [0.05, 0.1) is 29.0 Å². The van der Waals surface area contributed by atoms with Gasteiger partial charge in [0.1, 0.15) is 5.82 Å². The number of hydrogen-bond acceptors (Lipinski definition) is 5. The van der Waals surface area contributed by atoms with Crippen molar-refractivity contribution >= 4 is 26.6 Å². The monoisotopic (exact) mass is 363 g/mol. The quantitative estimate of drug-likeness (QED) is 0.857. The molecule has 0 unspecified atom stereocenters. The first kappa shape index (κ1) is 17.6. The number of rotatable bonds is 5. The maximum Gasteiger partial charge on any atom is 0.258 e. The van der Waals surface area contributed by atoms with Crippen molar-refractivity contribution < 1.29 is 13.2 Å². The highest BCUT2D eigenvalue weighted by Crippen LogP contribution is 2.22. The van der Waals surface area contributed by atoms with Crippen LogP contribution in [-0.2, 0) is 21.2 Å². The van der Waals surface area contributed by atoms with Crippen LogP contribution in [-0.4, -0.2) is 47.2 Å². The zero-order chi connectivity index (χ0) is 18.0. The van der Waals surface area contributed by atoms with E-state index < -0.39 is 9.84 Å². The van der Waals surface area contributed by atoms with Gasteiger partial charge < -0.3 is 9.88 Å². The minimum absolute atomic E-state index is 0.0847. The van der Waals surface area contributed by atoms with Crippen LogP contribution >= 0.6 is 0 Å². The topological polar surface area (TPSA) is 100 Å². The number of nitrogens with one attached hydrogen (secondary N) is 1. The zero-order valence-corrected chi connectivity index (χ0v) is 14.9. The molecule has 0 saturated carbocycles. The van der Waals surface area contributed by atoms with Crippen molar-refractivity contribution in [2.45, 2.75) is 26.3 Å². The Morgan fingerprint density at radius 2 is 2.12 bits per heavy atom. The van der Waals surface area contributed by atoms with Gasteiger partial charge in [0.25, 0.3) is 5.56 Å².